The molecule has 1 fully saturated rings. The van der Waals surface area contributed by atoms with E-state index in [0.717, 1.165) is 53.1 Å². The molecule has 4 heterocycles. The number of carbonyl (C=O) groups excluding carboxylic acids is 2. The number of nitrogens with zero attached hydrogens (tertiary/aromatic N) is 4. The summed E-state index contributed by atoms with van der Waals surface area (Å²) in [6.45, 7) is 2.73. The maximum atomic E-state index is 12.6. The van der Waals surface area contributed by atoms with Crippen molar-refractivity contribution < 1.29 is 19.8 Å². The van der Waals surface area contributed by atoms with Crippen molar-refractivity contribution in [2.24, 2.45) is 5.92 Å². The van der Waals surface area contributed by atoms with Gasteiger partial charge in [0.15, 0.2) is 12.2 Å². The molecule has 0 saturated carbocycles. The predicted octanol–water partition coefficient (Wildman–Crippen LogP) is 1.29. The number of anilines is 1. The molecule has 2 aliphatic rings. The summed E-state index contributed by atoms with van der Waals surface area (Å²) in [5.41, 5.74) is 2.02. The number of rotatable bonds is 6. The average Bonchev–Trinajstić information content (AvgIpc) is 3.53. The number of aromatic nitrogens is 2. The van der Waals surface area contributed by atoms with Crippen molar-refractivity contribution in [2.45, 2.75) is 38.1 Å². The number of benzene rings is 1. The lowest BCUT2D eigenvalue weighted by Gasteiger charge is -2.33. The van der Waals surface area contributed by atoms with E-state index >= 15 is 0 Å². The van der Waals surface area contributed by atoms with Crippen LogP contribution in [0.3, 0.4) is 0 Å². The van der Waals surface area contributed by atoms with E-state index < -0.39 is 24.0 Å². The molecule has 34 heavy (non-hydrogen) atoms. The van der Waals surface area contributed by atoms with Crippen LogP contribution in [0.25, 0.3) is 10.2 Å². The summed E-state index contributed by atoms with van der Waals surface area (Å²) >= 11 is 1.59. The molecule has 0 bridgehead atoms. The van der Waals surface area contributed by atoms with Gasteiger partial charge in [0.05, 0.1) is 5.39 Å². The highest BCUT2D eigenvalue weighted by Crippen LogP contribution is 2.29. The van der Waals surface area contributed by atoms with Gasteiger partial charge in [-0.25, -0.2) is 9.97 Å². The van der Waals surface area contributed by atoms with Crippen LogP contribution in [0.2, 0.25) is 0 Å². The molecule has 2 atom stereocenters. The second-order valence-electron chi connectivity index (χ2n) is 8.86. The van der Waals surface area contributed by atoms with Gasteiger partial charge in [-0.15, -0.1) is 11.3 Å². The monoisotopic (exact) mass is 481 g/mol. The van der Waals surface area contributed by atoms with Crippen molar-refractivity contribution in [1.29, 1.82) is 0 Å². The first-order chi connectivity index (χ1) is 16.5. The van der Waals surface area contributed by atoms with Gasteiger partial charge in [-0.2, -0.15) is 0 Å². The average molecular weight is 482 g/mol. The van der Waals surface area contributed by atoms with Crippen molar-refractivity contribution in [3.8, 4) is 0 Å². The van der Waals surface area contributed by atoms with Gasteiger partial charge in [-0.1, -0.05) is 24.3 Å². The first-order valence-electron chi connectivity index (χ1n) is 11.4. The van der Waals surface area contributed by atoms with Gasteiger partial charge in [0, 0.05) is 32.7 Å². The van der Waals surface area contributed by atoms with Crippen LogP contribution in [-0.4, -0.2) is 68.7 Å². The van der Waals surface area contributed by atoms with Crippen molar-refractivity contribution in [3.63, 3.8) is 0 Å². The summed E-state index contributed by atoms with van der Waals surface area (Å²) in [6.07, 6.45) is -0.278. The first kappa shape index (κ1) is 22.7. The Kier molecular flexibility index (Phi) is 6.44. The number of hydrogen-bond acceptors (Lipinski definition) is 8. The fourth-order valence-corrected chi connectivity index (χ4v) is 5.41. The van der Waals surface area contributed by atoms with Gasteiger partial charge in [0.25, 0.3) is 11.8 Å². The third kappa shape index (κ3) is 4.48. The highest BCUT2D eigenvalue weighted by atomic mass is 32.1. The molecule has 2 amide bonds. The Labute approximate surface area is 201 Å². The lowest BCUT2D eigenvalue weighted by Crippen LogP contribution is -2.50. The maximum Gasteiger partial charge on any atom is 0.255 e. The highest BCUT2D eigenvalue weighted by molar-refractivity contribution is 7.16. The maximum absolute atomic E-state index is 12.6. The van der Waals surface area contributed by atoms with Gasteiger partial charge in [0.2, 0.25) is 0 Å². The Morgan fingerprint density at radius 3 is 2.47 bits per heavy atom. The SMILES string of the molecule is O=C(NCC1CCN(c2ncnc3sccc23)CC1)C(O)C(O)C(=O)N1Cc2ccccc2C1. The van der Waals surface area contributed by atoms with E-state index in [2.05, 4.69) is 20.2 Å². The summed E-state index contributed by atoms with van der Waals surface area (Å²) in [4.78, 5) is 38.5. The smallest absolute Gasteiger partial charge is 0.255 e. The Morgan fingerprint density at radius 2 is 1.76 bits per heavy atom. The predicted molar refractivity (Wildman–Crippen MR) is 128 cm³/mol. The molecule has 1 aromatic carbocycles. The normalized spacial score (nSPS) is 18.1. The van der Waals surface area contributed by atoms with E-state index in [1.165, 1.54) is 4.90 Å². The van der Waals surface area contributed by atoms with Crippen molar-refractivity contribution in [3.05, 3.63) is 53.2 Å². The molecule has 5 rings (SSSR count). The number of aliphatic hydroxyl groups is 2. The number of aliphatic hydroxyl groups excluding tert-OH is 2. The van der Waals surface area contributed by atoms with E-state index in [-0.39, 0.29) is 5.92 Å². The van der Waals surface area contributed by atoms with Crippen LogP contribution in [0.1, 0.15) is 24.0 Å². The van der Waals surface area contributed by atoms with Crippen molar-refractivity contribution >= 4 is 39.2 Å². The molecule has 2 aromatic heterocycles. The zero-order valence-corrected chi connectivity index (χ0v) is 19.4. The number of carbonyl (C=O) groups is 2. The largest absolute Gasteiger partial charge is 0.380 e. The van der Waals surface area contributed by atoms with Crippen molar-refractivity contribution in [1.82, 2.24) is 20.2 Å². The third-order valence-electron chi connectivity index (χ3n) is 6.69. The van der Waals surface area contributed by atoms with Gasteiger partial charge < -0.3 is 25.3 Å². The Hall–Kier alpha value is -3.08. The zero-order valence-electron chi connectivity index (χ0n) is 18.6. The van der Waals surface area contributed by atoms with Crippen LogP contribution >= 0.6 is 11.3 Å². The number of amides is 2. The van der Waals surface area contributed by atoms with Crippen molar-refractivity contribution in [2.75, 3.05) is 24.5 Å². The molecule has 2 unspecified atom stereocenters. The lowest BCUT2D eigenvalue weighted by molar-refractivity contribution is -0.153. The van der Waals surface area contributed by atoms with E-state index in [4.69, 9.17) is 0 Å². The van der Waals surface area contributed by atoms with Crippen LogP contribution in [0.15, 0.2) is 42.0 Å². The minimum absolute atomic E-state index is 0.244. The van der Waals surface area contributed by atoms with E-state index in [1.807, 2.05) is 35.7 Å². The van der Waals surface area contributed by atoms with Gasteiger partial charge in [-0.05, 0) is 41.3 Å². The molecule has 1 saturated heterocycles. The van der Waals surface area contributed by atoms with E-state index in [9.17, 15) is 19.8 Å². The van der Waals surface area contributed by atoms with E-state index in [0.29, 0.717) is 19.6 Å². The topological polar surface area (TPSA) is 119 Å². The quantitative estimate of drug-likeness (QED) is 0.485. The number of piperidine rings is 1. The van der Waals surface area contributed by atoms with Crippen LogP contribution < -0.4 is 10.2 Å². The van der Waals surface area contributed by atoms with Gasteiger partial charge >= 0.3 is 0 Å². The zero-order chi connectivity index (χ0) is 23.7. The molecule has 3 N–H and O–H groups in total. The molecule has 0 aliphatic carbocycles. The highest BCUT2D eigenvalue weighted by Gasteiger charge is 2.35. The van der Waals surface area contributed by atoms with Crippen LogP contribution in [-0.2, 0) is 22.7 Å². The fraction of sp³-hybridized carbons (Fsp3) is 0.417. The molecule has 3 aromatic rings. The minimum Gasteiger partial charge on any atom is -0.380 e. The molecule has 178 valence electrons. The number of thiophene rings is 1. The molecule has 2 aliphatic heterocycles. The number of fused-ring (bicyclic) bond motifs is 2. The van der Waals surface area contributed by atoms with Crippen LogP contribution in [0.5, 0.6) is 0 Å². The molecular formula is C24H27N5O4S. The lowest BCUT2D eigenvalue weighted by atomic mass is 9.96. The second-order valence-corrected chi connectivity index (χ2v) is 9.76. The summed E-state index contributed by atoms with van der Waals surface area (Å²) in [5, 5.41) is 26.4. The Morgan fingerprint density at radius 1 is 1.06 bits per heavy atom. The van der Waals surface area contributed by atoms with Crippen LogP contribution in [0, 0.1) is 5.92 Å². The fourth-order valence-electron chi connectivity index (χ4n) is 4.68. The van der Waals surface area contributed by atoms with Gasteiger partial charge in [-0.3, -0.25) is 9.59 Å². The Balaban J connectivity index is 1.09. The van der Waals surface area contributed by atoms with Crippen LogP contribution in [0.4, 0.5) is 5.82 Å². The third-order valence-corrected chi connectivity index (χ3v) is 7.51. The molecule has 10 heteroatoms. The minimum atomic E-state index is -1.80. The molecule has 9 nitrogen and oxygen atoms in total. The van der Waals surface area contributed by atoms with E-state index in [1.54, 1.807) is 17.7 Å². The summed E-state index contributed by atoms with van der Waals surface area (Å²) in [7, 11) is 0. The summed E-state index contributed by atoms with van der Waals surface area (Å²) < 4.78 is 0. The molecule has 0 radical (unpaired) electrons. The molecule has 0 spiro atoms. The summed E-state index contributed by atoms with van der Waals surface area (Å²) in [6, 6.07) is 9.68. The standard InChI is InChI=1S/C24H27N5O4S/c30-19(20(31)24(33)29-12-16-3-1-2-4-17(16)13-29)22(32)25-11-15-5-8-28(9-6-15)21-18-7-10-34-23(18)27-14-26-21/h1-4,7,10,14-15,19-20,30-31H,5-6,8-9,11-13H2,(H,25,32). The number of hydrogen-bond donors (Lipinski definition) is 3. The molecular weight excluding hydrogens is 454 g/mol. The summed E-state index contributed by atoms with van der Waals surface area (Å²) in [5.74, 6) is -0.185. The first-order valence-corrected chi connectivity index (χ1v) is 12.3. The second kappa shape index (κ2) is 9.65. The Bertz CT molecular complexity index is 1170. The number of nitrogens with one attached hydrogen (secondary N) is 1. The van der Waals surface area contributed by atoms with Gasteiger partial charge in [0.1, 0.15) is 17.0 Å².